The monoisotopic (exact) mass is 719 g/mol. The van der Waals surface area contributed by atoms with E-state index in [0.29, 0.717) is 40.9 Å². The molecule has 4 atom stereocenters. The first-order valence-corrected chi connectivity index (χ1v) is 18.1. The number of benzene rings is 2. The van der Waals surface area contributed by atoms with E-state index in [1.54, 1.807) is 40.0 Å². The van der Waals surface area contributed by atoms with Gasteiger partial charge in [0.15, 0.2) is 5.76 Å². The molecule has 0 fully saturated rings. The molecule has 0 spiro atoms. The third-order valence-corrected chi connectivity index (χ3v) is 10.1. The summed E-state index contributed by atoms with van der Waals surface area (Å²) in [6, 6.07) is 9.35. The van der Waals surface area contributed by atoms with Gasteiger partial charge in [0.25, 0.3) is 15.9 Å². The summed E-state index contributed by atoms with van der Waals surface area (Å²) in [7, 11) is -2.34. The third kappa shape index (κ3) is 9.87. The second-order valence-corrected chi connectivity index (χ2v) is 14.7. The number of hydrogen-bond acceptors (Lipinski definition) is 9. The molecule has 1 aliphatic heterocycles. The number of likely N-dealkylation sites (N-methyl/N-ethyl adjacent to an activating group) is 1. The Kier molecular flexibility index (Phi) is 12.9. The molecule has 3 N–H and O–H groups in total. The Labute approximate surface area is 292 Å². The van der Waals surface area contributed by atoms with Crippen LogP contribution in [0, 0.1) is 19.8 Å². The number of halogens is 1. The van der Waals surface area contributed by atoms with Crippen LogP contribution in [0.5, 0.6) is 5.75 Å². The molecule has 3 amide bonds. The van der Waals surface area contributed by atoms with Crippen molar-refractivity contribution in [2.75, 3.05) is 43.4 Å². The molecule has 268 valence electrons. The van der Waals surface area contributed by atoms with Crippen molar-refractivity contribution in [2.45, 2.75) is 77.0 Å². The number of amides is 3. The fraction of sp³-hybridized carbons (Fsp3) is 0.500. The van der Waals surface area contributed by atoms with Crippen molar-refractivity contribution < 1.29 is 37.1 Å². The Morgan fingerprint density at radius 1 is 1.16 bits per heavy atom. The number of sulfonamides is 1. The normalized spacial score (nSPS) is 20.0. The molecule has 0 unspecified atom stereocenters. The molecule has 0 saturated carbocycles. The van der Waals surface area contributed by atoms with E-state index in [1.807, 2.05) is 13.8 Å². The molecule has 0 aliphatic carbocycles. The van der Waals surface area contributed by atoms with Crippen LogP contribution in [0.15, 0.2) is 51.9 Å². The molecule has 0 radical (unpaired) electrons. The molecule has 1 aliphatic rings. The standard InChI is InChI=1S/C34H46ClN5O8S/c1-21-18-40(22(2)20-41)33(42)29-17-27(38-49(44,45)28-13-10-26(35)11-14-28)12-15-30(29)47-23(3)9-7-8-16-46-31(21)19-39(6)34(43)36-32-24(4)37-48-25(32)5/h10-15,17,21-23,31,38,41H,7-9,16,18-20H2,1-6H3,(H,36,43)/t21-,22+,23+,31-/m0/s1. The second-order valence-electron chi connectivity index (χ2n) is 12.6. The number of aliphatic hydroxyl groups is 1. The van der Waals surface area contributed by atoms with Crippen molar-refractivity contribution in [1.82, 2.24) is 15.0 Å². The molecule has 4 rings (SSSR count). The minimum absolute atomic E-state index is 0.00827. The van der Waals surface area contributed by atoms with Gasteiger partial charge in [-0.25, -0.2) is 13.2 Å². The van der Waals surface area contributed by atoms with Gasteiger partial charge >= 0.3 is 6.03 Å². The van der Waals surface area contributed by atoms with E-state index in [9.17, 15) is 23.1 Å². The van der Waals surface area contributed by atoms with Gasteiger partial charge in [0.2, 0.25) is 0 Å². The van der Waals surface area contributed by atoms with Gasteiger partial charge in [-0.15, -0.1) is 0 Å². The van der Waals surface area contributed by atoms with Gasteiger partial charge in [-0.1, -0.05) is 23.7 Å². The molecule has 49 heavy (non-hydrogen) atoms. The van der Waals surface area contributed by atoms with Gasteiger partial charge in [0, 0.05) is 43.4 Å². The van der Waals surface area contributed by atoms with Crippen molar-refractivity contribution in [3.63, 3.8) is 0 Å². The van der Waals surface area contributed by atoms with Crippen LogP contribution in [-0.4, -0.2) is 92.0 Å². The highest BCUT2D eigenvalue weighted by molar-refractivity contribution is 7.92. The van der Waals surface area contributed by atoms with E-state index in [2.05, 4.69) is 15.2 Å². The first-order valence-electron chi connectivity index (χ1n) is 16.3. The topological polar surface area (TPSA) is 164 Å². The number of anilines is 2. The molecular formula is C34H46ClN5O8S. The van der Waals surface area contributed by atoms with E-state index >= 15 is 0 Å². The lowest BCUT2D eigenvalue weighted by molar-refractivity contribution is -0.0115. The van der Waals surface area contributed by atoms with Gasteiger partial charge in [0.05, 0.1) is 35.3 Å². The van der Waals surface area contributed by atoms with E-state index < -0.39 is 28.1 Å². The van der Waals surface area contributed by atoms with E-state index in [-0.39, 0.29) is 53.9 Å². The molecule has 15 heteroatoms. The molecule has 2 heterocycles. The second kappa shape index (κ2) is 16.7. The number of nitrogens with one attached hydrogen (secondary N) is 2. The lowest BCUT2D eigenvalue weighted by Gasteiger charge is -2.35. The minimum atomic E-state index is -4.00. The molecule has 3 aromatic rings. The number of carbonyl (C=O) groups is 2. The Balaban J connectivity index is 1.63. The summed E-state index contributed by atoms with van der Waals surface area (Å²) in [5, 5.41) is 17.4. The number of aryl methyl sites for hydroxylation is 2. The fourth-order valence-corrected chi connectivity index (χ4v) is 6.67. The summed E-state index contributed by atoms with van der Waals surface area (Å²) in [6.45, 7) is 9.53. The van der Waals surface area contributed by atoms with E-state index in [0.717, 1.165) is 12.8 Å². The molecular weight excluding hydrogens is 674 g/mol. The molecule has 13 nitrogen and oxygen atoms in total. The highest BCUT2D eigenvalue weighted by Crippen LogP contribution is 2.30. The van der Waals surface area contributed by atoms with Gasteiger partial charge in [-0.2, -0.15) is 0 Å². The zero-order valence-corrected chi connectivity index (χ0v) is 30.3. The maximum Gasteiger partial charge on any atom is 0.321 e. The zero-order chi connectivity index (χ0) is 35.9. The number of fused-ring (bicyclic) bond motifs is 1. The quantitative estimate of drug-likeness (QED) is 0.265. The highest BCUT2D eigenvalue weighted by Gasteiger charge is 2.31. The smallest absolute Gasteiger partial charge is 0.321 e. The molecule has 0 saturated heterocycles. The van der Waals surface area contributed by atoms with Gasteiger partial charge in [0.1, 0.15) is 17.1 Å². The number of aromatic nitrogens is 1. The summed E-state index contributed by atoms with van der Waals surface area (Å²) in [6.07, 6.45) is 1.50. The van der Waals surface area contributed by atoms with Crippen LogP contribution in [-0.2, 0) is 14.8 Å². The average Bonchev–Trinajstić information content (AvgIpc) is 3.38. The Morgan fingerprint density at radius 2 is 1.88 bits per heavy atom. The SMILES string of the molecule is Cc1noc(C)c1NC(=O)N(C)C[C@@H]1OCCCC[C@@H](C)Oc2ccc(NS(=O)(=O)c3ccc(Cl)cc3)cc2C(=O)N([C@H](C)CO)C[C@@H]1C. The van der Waals surface area contributed by atoms with Crippen LogP contribution in [0.2, 0.25) is 5.02 Å². The Bertz CT molecular complexity index is 1680. The fourth-order valence-electron chi connectivity index (χ4n) is 5.49. The summed E-state index contributed by atoms with van der Waals surface area (Å²) < 4.78 is 46.7. The van der Waals surface area contributed by atoms with Crippen molar-refractivity contribution >= 4 is 44.9 Å². The summed E-state index contributed by atoms with van der Waals surface area (Å²) in [5.41, 5.74) is 1.38. The third-order valence-electron chi connectivity index (χ3n) is 8.49. The van der Waals surface area contributed by atoms with Crippen LogP contribution < -0.4 is 14.8 Å². The van der Waals surface area contributed by atoms with Crippen LogP contribution in [0.25, 0.3) is 0 Å². The average molecular weight is 720 g/mol. The molecule has 1 aromatic heterocycles. The minimum Gasteiger partial charge on any atom is -0.490 e. The van der Waals surface area contributed by atoms with Gasteiger partial charge in [-0.3, -0.25) is 9.52 Å². The first-order chi connectivity index (χ1) is 23.2. The van der Waals surface area contributed by atoms with Crippen molar-refractivity contribution in [2.24, 2.45) is 5.92 Å². The van der Waals surface area contributed by atoms with Crippen molar-refractivity contribution in [1.29, 1.82) is 0 Å². The zero-order valence-electron chi connectivity index (χ0n) is 28.7. The number of urea groups is 1. The van der Waals surface area contributed by atoms with Crippen LogP contribution >= 0.6 is 11.6 Å². The van der Waals surface area contributed by atoms with Crippen LogP contribution in [0.4, 0.5) is 16.2 Å². The highest BCUT2D eigenvalue weighted by atomic mass is 35.5. The predicted octanol–water partition coefficient (Wildman–Crippen LogP) is 5.71. The number of carbonyl (C=O) groups excluding carboxylic acids is 2. The maximum absolute atomic E-state index is 14.4. The van der Waals surface area contributed by atoms with Crippen LogP contribution in [0.1, 0.15) is 61.8 Å². The van der Waals surface area contributed by atoms with E-state index in [1.165, 1.54) is 40.1 Å². The largest absolute Gasteiger partial charge is 0.490 e. The summed E-state index contributed by atoms with van der Waals surface area (Å²) in [4.78, 5) is 30.6. The number of ether oxygens (including phenoxy) is 2. The molecule has 2 aromatic carbocycles. The van der Waals surface area contributed by atoms with Crippen molar-refractivity contribution in [3.8, 4) is 5.75 Å². The van der Waals surface area contributed by atoms with Crippen molar-refractivity contribution in [3.05, 3.63) is 64.5 Å². The number of rotatable bonds is 8. The lowest BCUT2D eigenvalue weighted by atomic mass is 10.0. The van der Waals surface area contributed by atoms with Gasteiger partial charge < -0.3 is 34.2 Å². The number of hydrogen-bond donors (Lipinski definition) is 3. The number of nitrogens with zero attached hydrogens (tertiary/aromatic N) is 3. The Morgan fingerprint density at radius 3 is 2.53 bits per heavy atom. The number of aliphatic hydroxyl groups excluding tert-OH is 1. The first kappa shape index (κ1) is 38.0. The van der Waals surface area contributed by atoms with E-state index in [4.69, 9.17) is 25.6 Å². The maximum atomic E-state index is 14.4. The molecule has 0 bridgehead atoms. The lowest BCUT2D eigenvalue weighted by Crippen LogP contribution is -2.48. The summed E-state index contributed by atoms with van der Waals surface area (Å²) >= 11 is 5.95. The van der Waals surface area contributed by atoms with Gasteiger partial charge in [-0.05, 0) is 89.4 Å². The Hall–Kier alpha value is -3.85. The summed E-state index contributed by atoms with van der Waals surface area (Å²) in [5.74, 6) is 0.0530. The predicted molar refractivity (Wildman–Crippen MR) is 187 cm³/mol. The van der Waals surface area contributed by atoms with Crippen LogP contribution in [0.3, 0.4) is 0 Å².